The number of carboxylic acid groups (broad SMARTS) is 1. The molecule has 1 rings (SSSR count). The van der Waals surface area contributed by atoms with Crippen LogP contribution < -0.4 is 0 Å². The first-order valence-corrected chi connectivity index (χ1v) is 6.22. The molecule has 0 aliphatic carbocycles. The van der Waals surface area contributed by atoms with E-state index in [0.717, 1.165) is 12.1 Å². The van der Waals surface area contributed by atoms with Gasteiger partial charge >= 0.3 is 5.97 Å². The summed E-state index contributed by atoms with van der Waals surface area (Å²) in [6, 6.07) is 2.29. The largest absolute Gasteiger partial charge is 0.481 e. The van der Waals surface area contributed by atoms with Gasteiger partial charge in [-0.25, -0.2) is 0 Å². The molecule has 0 fully saturated rings. The van der Waals surface area contributed by atoms with Crippen LogP contribution >= 0.6 is 0 Å². The van der Waals surface area contributed by atoms with Crippen molar-refractivity contribution in [1.29, 1.82) is 0 Å². The number of hydrogen-bond donors (Lipinski definition) is 1. The lowest BCUT2D eigenvalue weighted by Gasteiger charge is -2.14. The highest BCUT2D eigenvalue weighted by Crippen LogP contribution is 2.18. The number of rotatable bonds is 6. The lowest BCUT2D eigenvalue weighted by atomic mass is 9.91. The van der Waals surface area contributed by atoms with Crippen LogP contribution in [0, 0.1) is 11.8 Å². The Hall–Kier alpha value is -1.32. The number of carbonyl (C=O) groups is 1. The summed E-state index contributed by atoms with van der Waals surface area (Å²) in [4.78, 5) is 11.1. The second-order valence-electron chi connectivity index (χ2n) is 4.94. The third-order valence-corrected chi connectivity index (χ3v) is 3.26. The first kappa shape index (κ1) is 13.7. The molecular formula is C13H22N2O2. The fourth-order valence-electron chi connectivity index (χ4n) is 1.75. The summed E-state index contributed by atoms with van der Waals surface area (Å²) in [6.45, 7) is 8.09. The highest BCUT2D eigenvalue weighted by Gasteiger charge is 2.22. The molecule has 0 spiro atoms. The van der Waals surface area contributed by atoms with Crippen molar-refractivity contribution >= 4 is 5.97 Å². The second kappa shape index (κ2) is 5.84. The molecule has 0 aromatic carbocycles. The van der Waals surface area contributed by atoms with Gasteiger partial charge in [0.25, 0.3) is 0 Å². The van der Waals surface area contributed by atoms with Gasteiger partial charge < -0.3 is 5.11 Å². The van der Waals surface area contributed by atoms with E-state index in [1.165, 1.54) is 0 Å². The zero-order valence-electron chi connectivity index (χ0n) is 11.1. The van der Waals surface area contributed by atoms with E-state index in [4.69, 9.17) is 5.11 Å². The predicted octanol–water partition coefficient (Wildman–Crippen LogP) is 2.75. The van der Waals surface area contributed by atoms with E-state index < -0.39 is 5.97 Å². The van der Waals surface area contributed by atoms with E-state index in [1.54, 1.807) is 0 Å². The molecule has 0 aliphatic heterocycles. The Morgan fingerprint density at radius 3 is 2.59 bits per heavy atom. The zero-order valence-corrected chi connectivity index (χ0v) is 11.1. The summed E-state index contributed by atoms with van der Waals surface area (Å²) in [5.41, 5.74) is 0.867. The van der Waals surface area contributed by atoms with Crippen LogP contribution in [0.1, 0.15) is 45.9 Å². The molecule has 4 heteroatoms. The molecular weight excluding hydrogens is 216 g/mol. The van der Waals surface area contributed by atoms with Crippen molar-refractivity contribution in [3.05, 3.63) is 18.0 Å². The van der Waals surface area contributed by atoms with Gasteiger partial charge in [0.15, 0.2) is 0 Å². The molecule has 1 N–H and O–H groups in total. The maximum Gasteiger partial charge on any atom is 0.307 e. The molecule has 0 amide bonds. The van der Waals surface area contributed by atoms with Crippen LogP contribution in [0.5, 0.6) is 0 Å². The quantitative estimate of drug-likeness (QED) is 0.829. The van der Waals surface area contributed by atoms with E-state index in [2.05, 4.69) is 18.9 Å². The SMILES string of the molecule is CCC(C)n1ccc(CC(C(=O)O)C(C)C)n1. The normalized spacial score (nSPS) is 14.9. The Kier molecular flexibility index (Phi) is 4.73. The first-order chi connectivity index (χ1) is 7.95. The summed E-state index contributed by atoms with van der Waals surface area (Å²) in [6.07, 6.45) is 3.47. The molecule has 0 radical (unpaired) electrons. The third-order valence-electron chi connectivity index (χ3n) is 3.26. The number of aliphatic carboxylic acids is 1. The van der Waals surface area contributed by atoms with Crippen LogP contribution in [-0.2, 0) is 11.2 Å². The maximum atomic E-state index is 11.1. The molecule has 96 valence electrons. The van der Waals surface area contributed by atoms with Crippen LogP contribution in [0.25, 0.3) is 0 Å². The summed E-state index contributed by atoms with van der Waals surface area (Å²) >= 11 is 0. The van der Waals surface area contributed by atoms with Gasteiger partial charge in [-0.15, -0.1) is 0 Å². The minimum Gasteiger partial charge on any atom is -0.481 e. The Morgan fingerprint density at radius 1 is 1.47 bits per heavy atom. The second-order valence-corrected chi connectivity index (χ2v) is 4.94. The van der Waals surface area contributed by atoms with Gasteiger partial charge in [0.2, 0.25) is 0 Å². The van der Waals surface area contributed by atoms with E-state index in [9.17, 15) is 4.79 Å². The highest BCUT2D eigenvalue weighted by atomic mass is 16.4. The number of aromatic nitrogens is 2. The summed E-state index contributed by atoms with van der Waals surface area (Å²) in [5, 5.41) is 13.6. The van der Waals surface area contributed by atoms with Crippen molar-refractivity contribution in [3.8, 4) is 0 Å². The molecule has 1 aromatic heterocycles. The average molecular weight is 238 g/mol. The van der Waals surface area contributed by atoms with Crippen LogP contribution in [0.15, 0.2) is 12.3 Å². The van der Waals surface area contributed by atoms with Gasteiger partial charge in [-0.3, -0.25) is 9.48 Å². The molecule has 0 saturated heterocycles. The monoisotopic (exact) mass is 238 g/mol. The fourth-order valence-corrected chi connectivity index (χ4v) is 1.75. The average Bonchev–Trinajstić information content (AvgIpc) is 2.72. The highest BCUT2D eigenvalue weighted by molar-refractivity contribution is 5.70. The smallest absolute Gasteiger partial charge is 0.307 e. The first-order valence-electron chi connectivity index (χ1n) is 6.22. The van der Waals surface area contributed by atoms with Crippen LogP contribution in [0.3, 0.4) is 0 Å². The van der Waals surface area contributed by atoms with E-state index in [0.29, 0.717) is 12.5 Å². The molecule has 4 nitrogen and oxygen atoms in total. The van der Waals surface area contributed by atoms with Crippen LogP contribution in [0.4, 0.5) is 0 Å². The van der Waals surface area contributed by atoms with Crippen molar-refractivity contribution in [3.63, 3.8) is 0 Å². The molecule has 0 bridgehead atoms. The lowest BCUT2D eigenvalue weighted by Crippen LogP contribution is -2.22. The van der Waals surface area contributed by atoms with Crippen molar-refractivity contribution < 1.29 is 9.90 Å². The minimum absolute atomic E-state index is 0.126. The topological polar surface area (TPSA) is 55.1 Å². The van der Waals surface area contributed by atoms with Gasteiger partial charge in [-0.1, -0.05) is 20.8 Å². The molecule has 2 unspecified atom stereocenters. The summed E-state index contributed by atoms with van der Waals surface area (Å²) in [5.74, 6) is -0.963. The van der Waals surface area contributed by atoms with Gasteiger partial charge in [0.05, 0.1) is 11.6 Å². The predicted molar refractivity (Wildman–Crippen MR) is 66.9 cm³/mol. The molecule has 0 aliphatic rings. The fraction of sp³-hybridized carbons (Fsp3) is 0.692. The van der Waals surface area contributed by atoms with E-state index >= 15 is 0 Å². The third kappa shape index (κ3) is 3.58. The van der Waals surface area contributed by atoms with Gasteiger partial charge in [0, 0.05) is 18.7 Å². The summed E-state index contributed by atoms with van der Waals surface area (Å²) in [7, 11) is 0. The van der Waals surface area contributed by atoms with Crippen molar-refractivity contribution in [2.24, 2.45) is 11.8 Å². The molecule has 0 saturated carbocycles. The number of nitrogens with zero attached hydrogens (tertiary/aromatic N) is 2. The number of hydrogen-bond acceptors (Lipinski definition) is 2. The Morgan fingerprint density at radius 2 is 2.12 bits per heavy atom. The summed E-state index contributed by atoms with van der Waals surface area (Å²) < 4.78 is 1.91. The Labute approximate surface area is 103 Å². The standard InChI is InChI=1S/C13H22N2O2/c1-5-10(4)15-7-6-11(14-15)8-12(9(2)3)13(16)17/h6-7,9-10,12H,5,8H2,1-4H3,(H,16,17). The van der Waals surface area contributed by atoms with E-state index in [-0.39, 0.29) is 11.8 Å². The number of carboxylic acids is 1. The molecule has 1 aromatic rings. The maximum absolute atomic E-state index is 11.1. The van der Waals surface area contributed by atoms with Gasteiger partial charge in [-0.2, -0.15) is 5.10 Å². The zero-order chi connectivity index (χ0) is 13.0. The Balaban J connectivity index is 2.74. The van der Waals surface area contributed by atoms with Crippen molar-refractivity contribution in [2.45, 2.75) is 46.6 Å². The lowest BCUT2D eigenvalue weighted by molar-refractivity contribution is -0.143. The molecule has 2 atom stereocenters. The molecule has 17 heavy (non-hydrogen) atoms. The Bertz CT molecular complexity index is 371. The van der Waals surface area contributed by atoms with Crippen molar-refractivity contribution in [1.82, 2.24) is 9.78 Å². The van der Waals surface area contributed by atoms with Gasteiger partial charge in [0.1, 0.15) is 0 Å². The van der Waals surface area contributed by atoms with Gasteiger partial charge in [-0.05, 0) is 25.3 Å². The minimum atomic E-state index is -0.738. The molecule has 1 heterocycles. The van der Waals surface area contributed by atoms with Crippen LogP contribution in [0.2, 0.25) is 0 Å². The van der Waals surface area contributed by atoms with Crippen molar-refractivity contribution in [2.75, 3.05) is 0 Å². The van der Waals surface area contributed by atoms with E-state index in [1.807, 2.05) is 30.8 Å². The van der Waals surface area contributed by atoms with Crippen LogP contribution in [-0.4, -0.2) is 20.9 Å².